The van der Waals surface area contributed by atoms with Crippen LogP contribution in [0.1, 0.15) is 52.0 Å². The second-order valence-corrected chi connectivity index (χ2v) is 6.03. The van der Waals surface area contributed by atoms with Gasteiger partial charge in [0.25, 0.3) is 0 Å². The zero-order chi connectivity index (χ0) is 17.9. The molecule has 1 aromatic rings. The molecule has 1 unspecified atom stereocenters. The van der Waals surface area contributed by atoms with Gasteiger partial charge in [0, 0.05) is 5.56 Å². The highest BCUT2D eigenvalue weighted by Crippen LogP contribution is 2.18. The molecule has 0 fully saturated rings. The third-order valence-electron chi connectivity index (χ3n) is 3.71. The van der Waals surface area contributed by atoms with Crippen molar-refractivity contribution >= 4 is 11.9 Å². The van der Waals surface area contributed by atoms with Crippen LogP contribution in [0, 0.1) is 5.92 Å². The SMILES string of the molecule is CCCC(OC(=O)CCC(=O)OCc1ccccc1OC)C(C)C. The average molecular weight is 336 g/mol. The standard InChI is InChI=1S/C19H28O5/c1-5-8-16(14(2)3)24-19(21)12-11-18(20)23-13-15-9-6-7-10-17(15)22-4/h6-7,9-10,14,16H,5,8,11-13H2,1-4H3. The molecule has 0 aliphatic rings. The zero-order valence-corrected chi connectivity index (χ0v) is 15.0. The van der Waals surface area contributed by atoms with Crippen LogP contribution in [0.3, 0.4) is 0 Å². The Bertz CT molecular complexity index is 524. The number of carbonyl (C=O) groups is 2. The van der Waals surface area contributed by atoms with E-state index >= 15 is 0 Å². The minimum atomic E-state index is -0.422. The molecule has 1 atom stereocenters. The Morgan fingerprint density at radius 1 is 1.08 bits per heavy atom. The van der Waals surface area contributed by atoms with E-state index < -0.39 is 5.97 Å². The monoisotopic (exact) mass is 336 g/mol. The van der Waals surface area contributed by atoms with E-state index in [-0.39, 0.29) is 37.4 Å². The van der Waals surface area contributed by atoms with Gasteiger partial charge in [0.15, 0.2) is 0 Å². The highest BCUT2D eigenvalue weighted by Gasteiger charge is 2.18. The van der Waals surface area contributed by atoms with E-state index in [4.69, 9.17) is 14.2 Å². The lowest BCUT2D eigenvalue weighted by Gasteiger charge is -2.20. The summed E-state index contributed by atoms with van der Waals surface area (Å²) in [5.74, 6) is 0.168. The van der Waals surface area contributed by atoms with Crippen molar-refractivity contribution in [2.75, 3.05) is 7.11 Å². The third-order valence-corrected chi connectivity index (χ3v) is 3.71. The van der Waals surface area contributed by atoms with Crippen molar-refractivity contribution in [2.24, 2.45) is 5.92 Å². The Labute approximate surface area is 144 Å². The summed E-state index contributed by atoms with van der Waals surface area (Å²) in [5.41, 5.74) is 0.791. The summed E-state index contributed by atoms with van der Waals surface area (Å²) in [6.45, 7) is 6.23. The molecule has 0 amide bonds. The summed E-state index contributed by atoms with van der Waals surface area (Å²) in [6, 6.07) is 7.34. The number of esters is 2. The largest absolute Gasteiger partial charge is 0.496 e. The van der Waals surface area contributed by atoms with E-state index in [1.54, 1.807) is 13.2 Å². The number of hydrogen-bond acceptors (Lipinski definition) is 5. The highest BCUT2D eigenvalue weighted by molar-refractivity contribution is 5.77. The second kappa shape index (κ2) is 10.7. The summed E-state index contributed by atoms with van der Waals surface area (Å²) in [5, 5.41) is 0. The van der Waals surface area contributed by atoms with E-state index in [9.17, 15) is 9.59 Å². The van der Waals surface area contributed by atoms with Crippen LogP contribution in [-0.2, 0) is 25.7 Å². The summed E-state index contributed by atoms with van der Waals surface area (Å²) in [6.07, 6.45) is 1.76. The summed E-state index contributed by atoms with van der Waals surface area (Å²) in [7, 11) is 1.57. The van der Waals surface area contributed by atoms with Crippen LogP contribution in [0.15, 0.2) is 24.3 Å². The van der Waals surface area contributed by atoms with Gasteiger partial charge in [-0.05, 0) is 18.4 Å². The molecule has 1 aromatic carbocycles. The number of para-hydroxylation sites is 1. The first-order valence-corrected chi connectivity index (χ1v) is 8.44. The van der Waals surface area contributed by atoms with E-state index in [0.29, 0.717) is 5.75 Å². The summed E-state index contributed by atoms with van der Waals surface area (Å²) in [4.78, 5) is 23.7. The van der Waals surface area contributed by atoms with E-state index in [2.05, 4.69) is 6.92 Å². The van der Waals surface area contributed by atoms with Crippen LogP contribution in [0.2, 0.25) is 0 Å². The molecule has 134 valence electrons. The minimum absolute atomic E-state index is 0.0188. The second-order valence-electron chi connectivity index (χ2n) is 6.03. The minimum Gasteiger partial charge on any atom is -0.496 e. The molecule has 0 bridgehead atoms. The molecule has 0 saturated carbocycles. The number of rotatable bonds is 10. The first-order chi connectivity index (χ1) is 11.5. The molecule has 0 spiro atoms. The fourth-order valence-corrected chi connectivity index (χ4v) is 2.30. The first-order valence-electron chi connectivity index (χ1n) is 8.44. The fraction of sp³-hybridized carbons (Fsp3) is 0.579. The van der Waals surface area contributed by atoms with Crippen molar-refractivity contribution in [3.8, 4) is 5.75 Å². The zero-order valence-electron chi connectivity index (χ0n) is 15.0. The quantitative estimate of drug-likeness (QED) is 0.607. The molecule has 0 saturated heterocycles. The summed E-state index contributed by atoms with van der Waals surface area (Å²) >= 11 is 0. The van der Waals surface area contributed by atoms with Gasteiger partial charge in [0.2, 0.25) is 0 Å². The van der Waals surface area contributed by atoms with Crippen LogP contribution in [-0.4, -0.2) is 25.2 Å². The van der Waals surface area contributed by atoms with Crippen molar-refractivity contribution in [1.29, 1.82) is 0 Å². The van der Waals surface area contributed by atoms with E-state index in [1.807, 2.05) is 32.0 Å². The van der Waals surface area contributed by atoms with Gasteiger partial charge in [-0.3, -0.25) is 9.59 Å². The van der Waals surface area contributed by atoms with Gasteiger partial charge < -0.3 is 14.2 Å². The van der Waals surface area contributed by atoms with Gasteiger partial charge in [0.05, 0.1) is 20.0 Å². The van der Waals surface area contributed by atoms with Crippen LogP contribution in [0.4, 0.5) is 0 Å². The number of benzene rings is 1. The summed E-state index contributed by atoms with van der Waals surface area (Å²) < 4.78 is 15.8. The van der Waals surface area contributed by atoms with Gasteiger partial charge in [0.1, 0.15) is 18.5 Å². The third kappa shape index (κ3) is 7.02. The lowest BCUT2D eigenvalue weighted by molar-refractivity contribution is -0.156. The van der Waals surface area contributed by atoms with Gasteiger partial charge in [-0.2, -0.15) is 0 Å². The molecule has 0 N–H and O–H groups in total. The van der Waals surface area contributed by atoms with Crippen molar-refractivity contribution in [2.45, 2.75) is 59.2 Å². The molecule has 0 heterocycles. The van der Waals surface area contributed by atoms with Crippen LogP contribution in [0.5, 0.6) is 5.75 Å². The predicted molar refractivity (Wildman–Crippen MR) is 91.7 cm³/mol. The number of carbonyl (C=O) groups excluding carboxylic acids is 2. The average Bonchev–Trinajstić information content (AvgIpc) is 2.57. The lowest BCUT2D eigenvalue weighted by Crippen LogP contribution is -2.24. The lowest BCUT2D eigenvalue weighted by atomic mass is 10.0. The molecule has 24 heavy (non-hydrogen) atoms. The smallest absolute Gasteiger partial charge is 0.306 e. The molecule has 1 rings (SSSR count). The number of methoxy groups -OCH3 is 1. The predicted octanol–water partition coefficient (Wildman–Crippen LogP) is 3.89. The Balaban J connectivity index is 2.36. The van der Waals surface area contributed by atoms with Crippen molar-refractivity contribution in [3.63, 3.8) is 0 Å². The molecular formula is C19H28O5. The van der Waals surface area contributed by atoms with Gasteiger partial charge >= 0.3 is 11.9 Å². The topological polar surface area (TPSA) is 61.8 Å². The normalized spacial score (nSPS) is 11.9. The first kappa shape index (κ1) is 20.0. The van der Waals surface area contributed by atoms with Crippen LogP contribution < -0.4 is 4.74 Å². The molecule has 0 aliphatic heterocycles. The maximum atomic E-state index is 11.9. The van der Waals surface area contributed by atoms with Crippen molar-refractivity contribution in [1.82, 2.24) is 0 Å². The molecular weight excluding hydrogens is 308 g/mol. The molecule has 0 aliphatic carbocycles. The van der Waals surface area contributed by atoms with E-state index in [1.165, 1.54) is 0 Å². The van der Waals surface area contributed by atoms with Crippen LogP contribution >= 0.6 is 0 Å². The Kier molecular flexibility index (Phi) is 8.90. The molecule has 5 nitrogen and oxygen atoms in total. The van der Waals surface area contributed by atoms with E-state index in [0.717, 1.165) is 18.4 Å². The molecule has 5 heteroatoms. The Morgan fingerprint density at radius 2 is 1.75 bits per heavy atom. The highest BCUT2D eigenvalue weighted by atomic mass is 16.5. The molecule has 0 aromatic heterocycles. The maximum absolute atomic E-state index is 11.9. The fourth-order valence-electron chi connectivity index (χ4n) is 2.30. The van der Waals surface area contributed by atoms with Gasteiger partial charge in [-0.1, -0.05) is 45.4 Å². The Morgan fingerprint density at radius 3 is 2.38 bits per heavy atom. The Hall–Kier alpha value is -2.04. The van der Waals surface area contributed by atoms with Crippen molar-refractivity contribution < 1.29 is 23.8 Å². The van der Waals surface area contributed by atoms with Gasteiger partial charge in [-0.25, -0.2) is 0 Å². The van der Waals surface area contributed by atoms with Crippen LogP contribution in [0.25, 0.3) is 0 Å². The number of hydrogen-bond donors (Lipinski definition) is 0. The maximum Gasteiger partial charge on any atom is 0.306 e. The molecule has 0 radical (unpaired) electrons. The van der Waals surface area contributed by atoms with Crippen molar-refractivity contribution in [3.05, 3.63) is 29.8 Å². The van der Waals surface area contributed by atoms with Gasteiger partial charge in [-0.15, -0.1) is 0 Å². The number of ether oxygens (including phenoxy) is 3.